The van der Waals surface area contributed by atoms with E-state index in [1.54, 1.807) is 0 Å². The Bertz CT molecular complexity index is 1080. The number of hydrogen-bond acceptors (Lipinski definition) is 2. The van der Waals surface area contributed by atoms with Gasteiger partial charge in [0.25, 0.3) is 0 Å². The molecule has 29 heavy (non-hydrogen) atoms. The normalized spacial score (nSPS) is 18.1. The first kappa shape index (κ1) is 20.7. The number of carboxylic acids is 1. The fourth-order valence-corrected chi connectivity index (χ4v) is 3.27. The number of halogens is 5. The Balaban J connectivity index is 2.21. The second kappa shape index (κ2) is 7.45. The van der Waals surface area contributed by atoms with Crippen molar-refractivity contribution in [2.75, 3.05) is 0 Å². The van der Waals surface area contributed by atoms with Crippen LogP contribution >= 0.6 is 11.6 Å². The minimum absolute atomic E-state index is 0.0273. The highest BCUT2D eigenvalue weighted by molar-refractivity contribution is 6.31. The molecule has 0 amide bonds. The Morgan fingerprint density at radius 2 is 1.97 bits per heavy atom. The van der Waals surface area contributed by atoms with E-state index in [1.807, 2.05) is 0 Å². The summed E-state index contributed by atoms with van der Waals surface area (Å²) in [6, 6.07) is 7.97. The monoisotopic (exact) mass is 424 g/mol. The molecule has 1 heterocycles. The average Bonchev–Trinajstić information content (AvgIpc) is 2.64. The summed E-state index contributed by atoms with van der Waals surface area (Å²) < 4.78 is 60.2. The molecule has 2 aromatic rings. The molecular formula is C21H13ClF4O3. The molecule has 0 saturated heterocycles. The van der Waals surface area contributed by atoms with Gasteiger partial charge in [-0.25, -0.2) is 9.18 Å². The van der Waals surface area contributed by atoms with Crippen molar-refractivity contribution in [1.82, 2.24) is 0 Å². The van der Waals surface area contributed by atoms with E-state index >= 15 is 0 Å². The number of hydrogen-bond donors (Lipinski definition) is 1. The van der Waals surface area contributed by atoms with Crippen LogP contribution < -0.4 is 4.74 Å². The molecule has 1 aliphatic rings. The molecule has 0 saturated carbocycles. The van der Waals surface area contributed by atoms with Crippen molar-refractivity contribution in [3.05, 3.63) is 69.5 Å². The molecule has 1 aliphatic heterocycles. The van der Waals surface area contributed by atoms with Gasteiger partial charge in [-0.05, 0) is 42.8 Å². The first-order valence-corrected chi connectivity index (χ1v) is 8.77. The Kier molecular flexibility index (Phi) is 5.33. The van der Waals surface area contributed by atoms with Gasteiger partial charge in [-0.15, -0.1) is 0 Å². The number of ether oxygens (including phenoxy) is 1. The third kappa shape index (κ3) is 3.81. The number of carbonyl (C=O) groups is 1. The summed E-state index contributed by atoms with van der Waals surface area (Å²) in [5.74, 6) is 2.80. The predicted molar refractivity (Wildman–Crippen MR) is 99.1 cm³/mol. The lowest BCUT2D eigenvalue weighted by molar-refractivity contribution is -0.236. The molecule has 0 fully saturated rings. The fraction of sp³-hybridized carbons (Fsp3) is 0.190. The zero-order valence-electron chi connectivity index (χ0n) is 14.9. The zero-order chi connectivity index (χ0) is 21.4. The van der Waals surface area contributed by atoms with Crippen molar-refractivity contribution in [3.63, 3.8) is 0 Å². The van der Waals surface area contributed by atoms with Crippen LogP contribution in [0, 0.1) is 17.7 Å². The van der Waals surface area contributed by atoms with E-state index in [-0.39, 0.29) is 21.9 Å². The highest BCUT2D eigenvalue weighted by Gasteiger charge is 2.62. The second-order valence-corrected chi connectivity index (χ2v) is 6.71. The molecule has 8 heteroatoms. The minimum Gasteiger partial charge on any atom is -0.478 e. The van der Waals surface area contributed by atoms with Gasteiger partial charge in [0.1, 0.15) is 11.6 Å². The van der Waals surface area contributed by atoms with Crippen molar-refractivity contribution < 1.29 is 32.2 Å². The number of fused-ring (bicyclic) bond motifs is 1. The minimum atomic E-state index is -4.99. The van der Waals surface area contributed by atoms with Gasteiger partial charge in [0, 0.05) is 16.1 Å². The lowest BCUT2D eigenvalue weighted by Gasteiger charge is -2.39. The molecule has 0 spiro atoms. The van der Waals surface area contributed by atoms with Crippen molar-refractivity contribution >= 4 is 23.6 Å². The number of rotatable bonds is 2. The van der Waals surface area contributed by atoms with Crippen LogP contribution in [0.5, 0.6) is 5.75 Å². The van der Waals surface area contributed by atoms with E-state index < -0.39 is 35.6 Å². The maximum absolute atomic E-state index is 13.9. The smallest absolute Gasteiger partial charge is 0.432 e. The maximum Gasteiger partial charge on any atom is 0.432 e. The number of aliphatic carboxylic acids is 1. The molecule has 3 rings (SSSR count). The Morgan fingerprint density at radius 1 is 1.24 bits per heavy atom. The van der Waals surface area contributed by atoms with Crippen LogP contribution in [0.4, 0.5) is 17.6 Å². The van der Waals surface area contributed by atoms with Crippen LogP contribution in [0.3, 0.4) is 0 Å². The maximum atomic E-state index is 13.9. The van der Waals surface area contributed by atoms with E-state index in [0.717, 1.165) is 6.08 Å². The van der Waals surface area contributed by atoms with E-state index in [9.17, 15) is 27.5 Å². The van der Waals surface area contributed by atoms with Crippen LogP contribution in [0.2, 0.25) is 5.02 Å². The molecule has 0 aliphatic carbocycles. The Hall–Kier alpha value is -2.98. The third-order valence-corrected chi connectivity index (χ3v) is 4.66. The molecule has 0 aromatic heterocycles. The first-order valence-electron chi connectivity index (χ1n) is 8.39. The highest BCUT2D eigenvalue weighted by atomic mass is 35.5. The van der Waals surface area contributed by atoms with E-state index in [2.05, 4.69) is 11.8 Å². The summed E-state index contributed by atoms with van der Waals surface area (Å²) >= 11 is 6.03. The molecule has 2 aromatic carbocycles. The lowest BCUT2D eigenvalue weighted by atomic mass is 9.85. The molecule has 3 nitrogen and oxygen atoms in total. The molecule has 150 valence electrons. The van der Waals surface area contributed by atoms with Crippen LogP contribution in [0.15, 0.2) is 42.0 Å². The molecular weight excluding hydrogens is 412 g/mol. The summed E-state index contributed by atoms with van der Waals surface area (Å²) in [6.45, 7) is 1.18. The van der Waals surface area contributed by atoms with Gasteiger partial charge >= 0.3 is 12.1 Å². The van der Waals surface area contributed by atoms with Crippen molar-refractivity contribution in [3.8, 4) is 17.6 Å². The summed E-state index contributed by atoms with van der Waals surface area (Å²) in [5, 5.41) is 9.50. The average molecular weight is 425 g/mol. The van der Waals surface area contributed by atoms with Crippen LogP contribution in [-0.4, -0.2) is 22.9 Å². The molecule has 0 radical (unpaired) electrons. The summed E-state index contributed by atoms with van der Waals surface area (Å²) in [7, 11) is 0. The van der Waals surface area contributed by atoms with Gasteiger partial charge in [0.05, 0.1) is 11.1 Å². The Labute approximate surface area is 168 Å². The Morgan fingerprint density at radius 3 is 2.55 bits per heavy atom. The molecule has 0 bridgehead atoms. The van der Waals surface area contributed by atoms with E-state index in [1.165, 1.54) is 43.3 Å². The van der Waals surface area contributed by atoms with Gasteiger partial charge in [0.2, 0.25) is 5.60 Å². The van der Waals surface area contributed by atoms with E-state index in [0.29, 0.717) is 5.56 Å². The zero-order valence-corrected chi connectivity index (χ0v) is 15.7. The van der Waals surface area contributed by atoms with Crippen molar-refractivity contribution in [2.45, 2.75) is 25.1 Å². The number of benzene rings is 2. The number of alkyl halides is 3. The van der Waals surface area contributed by atoms with Gasteiger partial charge in [-0.1, -0.05) is 36.4 Å². The van der Waals surface area contributed by atoms with Gasteiger partial charge in [0.15, 0.2) is 0 Å². The lowest BCUT2D eigenvalue weighted by Crippen LogP contribution is -2.54. The molecule has 1 unspecified atom stereocenters. The summed E-state index contributed by atoms with van der Waals surface area (Å²) in [5.41, 5.74) is -3.58. The van der Waals surface area contributed by atoms with Crippen LogP contribution in [-0.2, 0) is 4.79 Å². The van der Waals surface area contributed by atoms with Gasteiger partial charge < -0.3 is 9.84 Å². The fourth-order valence-electron chi connectivity index (χ4n) is 3.04. The SMILES string of the molecule is CCC1(C(F)(F)F)Oc2c(C#Cc3cccc(F)c3)cc(Cl)cc2C=C1C(=O)O. The molecule has 1 N–H and O–H groups in total. The highest BCUT2D eigenvalue weighted by Crippen LogP contribution is 2.48. The molecule has 1 atom stereocenters. The van der Waals surface area contributed by atoms with Crippen molar-refractivity contribution in [1.29, 1.82) is 0 Å². The van der Waals surface area contributed by atoms with Crippen LogP contribution in [0.1, 0.15) is 30.0 Å². The van der Waals surface area contributed by atoms with Crippen LogP contribution in [0.25, 0.3) is 6.08 Å². The topological polar surface area (TPSA) is 46.5 Å². The standard InChI is InChI=1S/C21H13ClF4O3/c1-2-20(21(24,25)26)17(19(27)28)11-14-10-15(22)9-13(18(14)29-20)7-6-12-4-3-5-16(23)8-12/h3-5,8-11H,2H2,1H3,(H,27,28). The summed E-state index contributed by atoms with van der Waals surface area (Å²) in [6.07, 6.45) is -4.75. The summed E-state index contributed by atoms with van der Waals surface area (Å²) in [4.78, 5) is 11.6. The van der Waals surface area contributed by atoms with E-state index in [4.69, 9.17) is 16.3 Å². The first-order chi connectivity index (χ1) is 13.6. The van der Waals surface area contributed by atoms with Gasteiger partial charge in [-0.3, -0.25) is 0 Å². The van der Waals surface area contributed by atoms with Gasteiger partial charge in [-0.2, -0.15) is 13.2 Å². The van der Waals surface area contributed by atoms with Crippen molar-refractivity contribution in [2.24, 2.45) is 0 Å². The largest absolute Gasteiger partial charge is 0.478 e. The predicted octanol–water partition coefficient (Wildman–Crippen LogP) is 5.45. The quantitative estimate of drug-likeness (QED) is 0.515. The second-order valence-electron chi connectivity index (χ2n) is 6.28. The number of carboxylic acid groups (broad SMARTS) is 1. The third-order valence-electron chi connectivity index (χ3n) is 4.45.